The predicted octanol–water partition coefficient (Wildman–Crippen LogP) is 1.01. The van der Waals surface area contributed by atoms with Crippen LogP contribution in [0.1, 0.15) is 34.6 Å². The summed E-state index contributed by atoms with van der Waals surface area (Å²) >= 11 is 0. The van der Waals surface area contributed by atoms with E-state index in [2.05, 4.69) is 0 Å². The Hall–Kier alpha value is -0.650. The first-order chi connectivity index (χ1) is 8.03. The highest BCUT2D eigenvalue weighted by molar-refractivity contribution is 5.76. The number of likely N-dealkylation sites (N-methyl/N-ethyl adjacent to an activating group) is 1. The zero-order valence-corrected chi connectivity index (χ0v) is 12.7. The van der Waals surface area contributed by atoms with Crippen LogP contribution in [-0.2, 0) is 14.3 Å². The molecule has 0 amide bonds. The molecule has 1 unspecified atom stereocenters. The Morgan fingerprint density at radius 2 is 1.78 bits per heavy atom. The Labute approximate surface area is 111 Å². The van der Waals surface area contributed by atoms with Crippen molar-refractivity contribution in [2.75, 3.05) is 20.6 Å². The van der Waals surface area contributed by atoms with E-state index in [1.165, 1.54) is 0 Å². The quantitative estimate of drug-likeness (QED) is 0.722. The lowest BCUT2D eigenvalue weighted by Gasteiger charge is -2.28. The topological polar surface area (TPSA) is 64.8 Å². The Balaban J connectivity index is 4.25. The number of ether oxygens (including phenoxy) is 2. The predicted molar refractivity (Wildman–Crippen MR) is 72.4 cm³/mol. The van der Waals surface area contributed by atoms with Gasteiger partial charge in [-0.15, -0.1) is 0 Å². The average molecular weight is 260 g/mol. The van der Waals surface area contributed by atoms with Crippen molar-refractivity contribution >= 4 is 5.97 Å². The van der Waals surface area contributed by atoms with Gasteiger partial charge in [0, 0.05) is 6.54 Å². The van der Waals surface area contributed by atoms with Crippen molar-refractivity contribution in [3.8, 4) is 0 Å². The van der Waals surface area contributed by atoms with Gasteiger partial charge in [-0.2, -0.15) is 0 Å². The number of esters is 1. The molecule has 0 aromatic carbocycles. The van der Waals surface area contributed by atoms with Gasteiger partial charge in [0.05, 0.1) is 11.7 Å². The molecule has 108 valence electrons. The van der Waals surface area contributed by atoms with Crippen LogP contribution in [0.25, 0.3) is 0 Å². The molecule has 0 radical (unpaired) electrons. The van der Waals surface area contributed by atoms with E-state index in [1.54, 1.807) is 6.92 Å². The fraction of sp³-hybridized carbons (Fsp3) is 0.923. The van der Waals surface area contributed by atoms with E-state index in [9.17, 15) is 4.79 Å². The SMILES string of the molecule is CC(CN(C)C)OC(=O)[C@@H](N)[C@@H](C)OC(C)(C)C. The van der Waals surface area contributed by atoms with Crippen LogP contribution in [0.5, 0.6) is 0 Å². The van der Waals surface area contributed by atoms with E-state index in [0.717, 1.165) is 0 Å². The molecule has 3 atom stereocenters. The van der Waals surface area contributed by atoms with Gasteiger partial charge >= 0.3 is 5.97 Å². The molecule has 0 aromatic heterocycles. The van der Waals surface area contributed by atoms with E-state index < -0.39 is 12.0 Å². The minimum Gasteiger partial charge on any atom is -0.460 e. The first kappa shape index (κ1) is 17.4. The van der Waals surface area contributed by atoms with E-state index in [0.29, 0.717) is 6.54 Å². The summed E-state index contributed by atoms with van der Waals surface area (Å²) in [5.74, 6) is -0.416. The third kappa shape index (κ3) is 7.63. The molecule has 0 saturated carbocycles. The summed E-state index contributed by atoms with van der Waals surface area (Å²) in [5.41, 5.74) is 5.51. The maximum Gasteiger partial charge on any atom is 0.325 e. The zero-order chi connectivity index (χ0) is 14.5. The van der Waals surface area contributed by atoms with E-state index >= 15 is 0 Å². The Morgan fingerprint density at radius 3 is 2.17 bits per heavy atom. The van der Waals surface area contributed by atoms with Crippen molar-refractivity contribution in [2.45, 2.75) is 58.5 Å². The largest absolute Gasteiger partial charge is 0.460 e. The summed E-state index contributed by atoms with van der Waals surface area (Å²) in [5, 5.41) is 0. The number of hydrogen-bond acceptors (Lipinski definition) is 5. The summed E-state index contributed by atoms with van der Waals surface area (Å²) < 4.78 is 10.9. The van der Waals surface area contributed by atoms with Gasteiger partial charge in [0.2, 0.25) is 0 Å². The molecule has 0 aromatic rings. The molecule has 0 aliphatic heterocycles. The van der Waals surface area contributed by atoms with Crippen LogP contribution < -0.4 is 5.73 Å². The second-order valence-corrected chi connectivity index (χ2v) is 5.97. The number of carbonyl (C=O) groups is 1. The second kappa shape index (κ2) is 7.07. The molecule has 18 heavy (non-hydrogen) atoms. The normalized spacial score (nSPS) is 17.4. The summed E-state index contributed by atoms with van der Waals surface area (Å²) in [6.45, 7) is 10.1. The Bertz CT molecular complexity index is 261. The first-order valence-corrected chi connectivity index (χ1v) is 6.31. The zero-order valence-electron chi connectivity index (χ0n) is 12.7. The van der Waals surface area contributed by atoms with Gasteiger partial charge in [-0.1, -0.05) is 0 Å². The molecule has 0 fully saturated rings. The highest BCUT2D eigenvalue weighted by atomic mass is 16.6. The van der Waals surface area contributed by atoms with Crippen LogP contribution in [0, 0.1) is 0 Å². The maximum atomic E-state index is 11.8. The summed E-state index contributed by atoms with van der Waals surface area (Å²) in [6, 6.07) is -0.756. The minimum absolute atomic E-state index is 0.180. The monoisotopic (exact) mass is 260 g/mol. The highest BCUT2D eigenvalue weighted by Crippen LogP contribution is 2.13. The summed E-state index contributed by atoms with van der Waals surface area (Å²) in [7, 11) is 3.85. The molecule has 0 aliphatic rings. The van der Waals surface area contributed by atoms with Crippen LogP contribution in [0.4, 0.5) is 0 Å². The van der Waals surface area contributed by atoms with Crippen LogP contribution in [-0.4, -0.2) is 55.4 Å². The molecular weight excluding hydrogens is 232 g/mol. The van der Waals surface area contributed by atoms with Gasteiger partial charge in [0.25, 0.3) is 0 Å². The lowest BCUT2D eigenvalue weighted by atomic mass is 10.1. The van der Waals surface area contributed by atoms with Crippen molar-refractivity contribution in [3.63, 3.8) is 0 Å². The average Bonchev–Trinajstić information content (AvgIpc) is 2.11. The highest BCUT2D eigenvalue weighted by Gasteiger charge is 2.28. The minimum atomic E-state index is -0.756. The van der Waals surface area contributed by atoms with Crippen molar-refractivity contribution < 1.29 is 14.3 Å². The molecule has 0 rings (SSSR count). The van der Waals surface area contributed by atoms with Gasteiger partial charge in [-0.05, 0) is 48.7 Å². The molecule has 0 spiro atoms. The van der Waals surface area contributed by atoms with Crippen molar-refractivity contribution in [2.24, 2.45) is 5.73 Å². The third-order valence-corrected chi connectivity index (χ3v) is 2.26. The Kier molecular flexibility index (Phi) is 6.81. The number of carbonyl (C=O) groups excluding carboxylic acids is 1. The smallest absolute Gasteiger partial charge is 0.325 e. The summed E-state index contributed by atoms with van der Waals surface area (Å²) in [4.78, 5) is 13.8. The van der Waals surface area contributed by atoms with Gasteiger partial charge in [0.15, 0.2) is 0 Å². The van der Waals surface area contributed by atoms with Crippen LogP contribution in [0.3, 0.4) is 0 Å². The third-order valence-electron chi connectivity index (χ3n) is 2.26. The van der Waals surface area contributed by atoms with Crippen molar-refractivity contribution in [1.82, 2.24) is 4.90 Å². The fourth-order valence-corrected chi connectivity index (χ4v) is 1.65. The van der Waals surface area contributed by atoms with Crippen LogP contribution in [0.15, 0.2) is 0 Å². The molecule has 5 nitrogen and oxygen atoms in total. The Morgan fingerprint density at radius 1 is 1.28 bits per heavy atom. The van der Waals surface area contributed by atoms with Gasteiger partial charge in [0.1, 0.15) is 12.1 Å². The van der Waals surface area contributed by atoms with Gasteiger partial charge in [-0.3, -0.25) is 4.79 Å². The second-order valence-electron chi connectivity index (χ2n) is 5.97. The molecule has 5 heteroatoms. The molecular formula is C13H28N2O3. The van der Waals surface area contributed by atoms with Gasteiger partial charge < -0.3 is 20.1 Å². The molecule has 0 aliphatic carbocycles. The fourth-order valence-electron chi connectivity index (χ4n) is 1.65. The number of nitrogens with two attached hydrogens (primary N) is 1. The standard InChI is InChI=1S/C13H28N2O3/c1-9(8-15(6)7)17-12(16)11(14)10(2)18-13(3,4)5/h9-11H,8,14H2,1-7H3/t9?,10-,11+/m1/s1. The van der Waals surface area contributed by atoms with E-state index in [-0.39, 0.29) is 17.8 Å². The number of nitrogens with zero attached hydrogens (tertiary/aromatic N) is 1. The first-order valence-electron chi connectivity index (χ1n) is 6.31. The van der Waals surface area contributed by atoms with Gasteiger partial charge in [-0.25, -0.2) is 0 Å². The van der Waals surface area contributed by atoms with Crippen molar-refractivity contribution in [3.05, 3.63) is 0 Å². The molecule has 0 heterocycles. The molecule has 0 saturated heterocycles. The lowest BCUT2D eigenvalue weighted by Crippen LogP contribution is -2.47. The van der Waals surface area contributed by atoms with E-state index in [4.69, 9.17) is 15.2 Å². The maximum absolute atomic E-state index is 11.8. The molecule has 2 N–H and O–H groups in total. The summed E-state index contributed by atoms with van der Waals surface area (Å²) in [6.07, 6.45) is -0.551. The van der Waals surface area contributed by atoms with Crippen LogP contribution >= 0.6 is 0 Å². The molecule has 0 bridgehead atoms. The van der Waals surface area contributed by atoms with Crippen LogP contribution in [0.2, 0.25) is 0 Å². The van der Waals surface area contributed by atoms with E-state index in [1.807, 2.05) is 46.7 Å². The van der Waals surface area contributed by atoms with Crippen molar-refractivity contribution in [1.29, 1.82) is 0 Å². The number of rotatable bonds is 6. The lowest BCUT2D eigenvalue weighted by molar-refractivity contribution is -0.157. The number of hydrogen-bond donors (Lipinski definition) is 1.